The minimum Gasteiger partial charge on any atom is -0.472 e. The van der Waals surface area contributed by atoms with Crippen molar-refractivity contribution in [2.45, 2.75) is 10.8 Å². The highest BCUT2D eigenvalue weighted by Gasteiger charge is 2.20. The van der Waals surface area contributed by atoms with Crippen LogP contribution in [0.2, 0.25) is 4.34 Å². The van der Waals surface area contributed by atoms with Crippen LogP contribution in [-0.2, 0) is 16.6 Å². The normalized spacial score (nSPS) is 11.4. The van der Waals surface area contributed by atoms with E-state index in [1.54, 1.807) is 30.7 Å². The van der Waals surface area contributed by atoms with Gasteiger partial charge in [0, 0.05) is 23.5 Å². The highest BCUT2D eigenvalue weighted by molar-refractivity contribution is 7.92. The summed E-state index contributed by atoms with van der Waals surface area (Å²) in [5.74, 6) is 0. The number of thiophene rings is 1. The Kier molecular flexibility index (Phi) is 6.80. The summed E-state index contributed by atoms with van der Waals surface area (Å²) in [5, 5.41) is 5.90. The summed E-state index contributed by atoms with van der Waals surface area (Å²) in [6, 6.07) is 14.3. The Morgan fingerprint density at radius 2 is 1.79 bits per heavy atom. The van der Waals surface area contributed by atoms with E-state index in [1.165, 1.54) is 36.4 Å². The van der Waals surface area contributed by atoms with Crippen LogP contribution < -0.4 is 26.6 Å². The Bertz CT molecular complexity index is 1860. The number of urea groups is 1. The second kappa shape index (κ2) is 10.2. The van der Waals surface area contributed by atoms with Crippen LogP contribution in [0, 0.1) is 0 Å². The van der Waals surface area contributed by atoms with E-state index in [0.29, 0.717) is 23.1 Å². The predicted octanol–water partition coefficient (Wildman–Crippen LogP) is 4.11. The Morgan fingerprint density at radius 1 is 1.03 bits per heavy atom. The molecule has 4 N–H and O–H groups in total. The van der Waals surface area contributed by atoms with Crippen LogP contribution in [-0.4, -0.2) is 24.0 Å². The standard InChI is InChI=1S/C24H18ClN5O6S2/c25-20-7-8-21(37-20)38(34,35)29-23(32)27-15-1-4-17(5-2-15)30-22(31)18-6-3-16(11-19(18)28-24(30)33)26-12-14-9-10-36-13-14/h1-11,13,26H,12H2,(H,28,33)(H2,27,29,32). The van der Waals surface area contributed by atoms with Crippen LogP contribution in [0.1, 0.15) is 5.56 Å². The minimum absolute atomic E-state index is 0.108. The largest absolute Gasteiger partial charge is 0.472 e. The van der Waals surface area contributed by atoms with Crippen molar-refractivity contribution in [1.82, 2.24) is 14.3 Å². The summed E-state index contributed by atoms with van der Waals surface area (Å²) in [7, 11) is -4.09. The first kappa shape index (κ1) is 25.3. The molecular formula is C24H18ClN5O6S2. The number of anilines is 2. The number of aromatic amines is 1. The number of nitrogens with one attached hydrogen (secondary N) is 4. The van der Waals surface area contributed by atoms with E-state index in [0.717, 1.165) is 21.5 Å². The fourth-order valence-corrected chi connectivity index (χ4v) is 6.01. The number of nitrogens with zero attached hydrogens (tertiary/aromatic N) is 1. The van der Waals surface area contributed by atoms with Crippen LogP contribution in [0.25, 0.3) is 16.6 Å². The van der Waals surface area contributed by atoms with Gasteiger partial charge in [0.2, 0.25) is 0 Å². The maximum Gasteiger partial charge on any atom is 0.333 e. The number of halogens is 1. The molecule has 5 rings (SSSR count). The molecule has 194 valence electrons. The summed E-state index contributed by atoms with van der Waals surface area (Å²) >= 11 is 6.57. The van der Waals surface area contributed by atoms with Gasteiger partial charge in [-0.25, -0.2) is 27.3 Å². The van der Waals surface area contributed by atoms with Gasteiger partial charge in [0.1, 0.15) is 4.21 Å². The first-order chi connectivity index (χ1) is 18.2. The van der Waals surface area contributed by atoms with Gasteiger partial charge in [-0.1, -0.05) is 11.6 Å². The Labute approximate surface area is 223 Å². The number of sulfonamides is 1. The van der Waals surface area contributed by atoms with E-state index in [2.05, 4.69) is 15.6 Å². The number of aromatic nitrogens is 2. The van der Waals surface area contributed by atoms with Crippen molar-refractivity contribution >= 4 is 61.3 Å². The van der Waals surface area contributed by atoms with Crippen molar-refractivity contribution in [3.8, 4) is 5.69 Å². The molecule has 38 heavy (non-hydrogen) atoms. The van der Waals surface area contributed by atoms with Gasteiger partial charge in [-0.2, -0.15) is 0 Å². The van der Waals surface area contributed by atoms with E-state index < -0.39 is 27.3 Å². The van der Waals surface area contributed by atoms with E-state index >= 15 is 0 Å². The Morgan fingerprint density at radius 3 is 2.47 bits per heavy atom. The van der Waals surface area contributed by atoms with Crippen molar-refractivity contribution < 1.29 is 17.6 Å². The minimum atomic E-state index is -4.09. The van der Waals surface area contributed by atoms with Crippen LogP contribution in [0.5, 0.6) is 0 Å². The average Bonchev–Trinajstić information content (AvgIpc) is 3.55. The average molecular weight is 572 g/mol. The van der Waals surface area contributed by atoms with Crippen molar-refractivity contribution in [2.24, 2.45) is 0 Å². The number of hydrogen-bond donors (Lipinski definition) is 4. The van der Waals surface area contributed by atoms with Crippen LogP contribution >= 0.6 is 22.9 Å². The molecule has 2 amide bonds. The molecule has 0 saturated carbocycles. The number of amides is 2. The Hall–Kier alpha value is -4.33. The van der Waals surface area contributed by atoms with Crippen molar-refractivity contribution in [1.29, 1.82) is 0 Å². The van der Waals surface area contributed by atoms with E-state index in [9.17, 15) is 22.8 Å². The zero-order valence-electron chi connectivity index (χ0n) is 19.2. The maximum absolute atomic E-state index is 13.1. The zero-order valence-corrected chi connectivity index (χ0v) is 21.6. The molecular weight excluding hydrogens is 554 g/mol. The van der Waals surface area contributed by atoms with Crippen molar-refractivity contribution in [3.63, 3.8) is 0 Å². The van der Waals surface area contributed by atoms with Crippen LogP contribution in [0.3, 0.4) is 0 Å². The first-order valence-corrected chi connectivity index (χ1v) is 13.6. The lowest BCUT2D eigenvalue weighted by atomic mass is 10.2. The summed E-state index contributed by atoms with van der Waals surface area (Å²) < 4.78 is 32.6. The number of H-pyrrole nitrogens is 1. The number of hydrogen-bond acceptors (Lipinski definition) is 8. The van der Waals surface area contributed by atoms with Crippen LogP contribution in [0.15, 0.2) is 91.4 Å². The number of fused-ring (bicyclic) bond motifs is 1. The molecule has 14 heteroatoms. The van der Waals surface area contributed by atoms with E-state index in [-0.39, 0.29) is 19.9 Å². The second-order valence-electron chi connectivity index (χ2n) is 7.98. The van der Waals surface area contributed by atoms with Gasteiger partial charge < -0.3 is 20.0 Å². The van der Waals surface area contributed by atoms with Gasteiger partial charge in [0.05, 0.1) is 33.5 Å². The first-order valence-electron chi connectivity index (χ1n) is 10.9. The highest BCUT2D eigenvalue weighted by Crippen LogP contribution is 2.25. The third-order valence-electron chi connectivity index (χ3n) is 5.40. The molecule has 2 aromatic carbocycles. The van der Waals surface area contributed by atoms with Crippen molar-refractivity contribution in [3.05, 3.63) is 104 Å². The molecule has 0 atom stereocenters. The molecule has 0 radical (unpaired) electrons. The summed E-state index contributed by atoms with van der Waals surface area (Å²) in [6.07, 6.45) is 3.19. The zero-order chi connectivity index (χ0) is 26.9. The lowest BCUT2D eigenvalue weighted by Crippen LogP contribution is -2.34. The summed E-state index contributed by atoms with van der Waals surface area (Å²) in [4.78, 5) is 40.8. The molecule has 0 saturated heterocycles. The molecule has 0 aliphatic heterocycles. The Balaban J connectivity index is 1.33. The molecule has 11 nitrogen and oxygen atoms in total. The smallest absolute Gasteiger partial charge is 0.333 e. The van der Waals surface area contributed by atoms with E-state index in [4.69, 9.17) is 16.0 Å². The molecule has 0 bridgehead atoms. The summed E-state index contributed by atoms with van der Waals surface area (Å²) in [5.41, 5.74) is 1.36. The molecule has 0 aliphatic carbocycles. The monoisotopic (exact) mass is 571 g/mol. The van der Waals surface area contributed by atoms with Crippen LogP contribution in [0.4, 0.5) is 16.2 Å². The maximum atomic E-state index is 13.1. The topological polar surface area (TPSA) is 155 Å². The second-order valence-corrected chi connectivity index (χ2v) is 11.6. The SMILES string of the molecule is O=C(Nc1ccc(-n2c(=O)[nH]c3cc(NCc4ccoc4)ccc3c2=O)cc1)NS(=O)(=O)c1ccc(Cl)s1. The van der Waals surface area contributed by atoms with Gasteiger partial charge in [0.25, 0.3) is 15.6 Å². The number of furan rings is 1. The number of benzene rings is 2. The third kappa shape index (κ3) is 5.34. The molecule has 0 spiro atoms. The van der Waals surface area contributed by atoms with Gasteiger partial charge >= 0.3 is 11.7 Å². The predicted molar refractivity (Wildman–Crippen MR) is 145 cm³/mol. The molecule has 3 aromatic heterocycles. The van der Waals surface area contributed by atoms with Gasteiger partial charge in [-0.05, 0) is 60.7 Å². The number of rotatable bonds is 7. The molecule has 0 aliphatic rings. The number of carbonyl (C=O) groups is 1. The lowest BCUT2D eigenvalue weighted by Gasteiger charge is -2.10. The fourth-order valence-electron chi connectivity index (χ4n) is 3.62. The quantitative estimate of drug-likeness (QED) is 0.229. The van der Waals surface area contributed by atoms with Crippen molar-refractivity contribution in [2.75, 3.05) is 10.6 Å². The van der Waals surface area contributed by atoms with E-state index in [1.807, 2.05) is 10.8 Å². The molecule has 0 unspecified atom stereocenters. The molecule has 5 aromatic rings. The molecule has 3 heterocycles. The number of carbonyl (C=O) groups excluding carboxylic acids is 1. The lowest BCUT2D eigenvalue weighted by molar-refractivity contribution is 0.256. The van der Waals surface area contributed by atoms with Gasteiger partial charge in [0.15, 0.2) is 0 Å². The highest BCUT2D eigenvalue weighted by atomic mass is 35.5. The third-order valence-corrected chi connectivity index (χ3v) is 8.45. The fraction of sp³-hybridized carbons (Fsp3) is 0.0417. The van der Waals surface area contributed by atoms with Gasteiger partial charge in [-0.15, -0.1) is 11.3 Å². The summed E-state index contributed by atoms with van der Waals surface area (Å²) in [6.45, 7) is 0.510. The molecule has 0 fully saturated rings. The van der Waals surface area contributed by atoms with Gasteiger partial charge in [-0.3, -0.25) is 4.79 Å².